The SMILES string of the molecule is O=C(c1cccc(Cl)c1)N(Cc1ccoc1)Cc1cccs1. The molecule has 22 heavy (non-hydrogen) atoms. The minimum atomic E-state index is -0.0444. The molecule has 0 bridgehead atoms. The maximum absolute atomic E-state index is 12.8. The van der Waals surface area contributed by atoms with Crippen molar-refractivity contribution in [1.82, 2.24) is 4.90 Å². The second-order valence-electron chi connectivity index (χ2n) is 4.88. The molecule has 0 spiro atoms. The van der Waals surface area contributed by atoms with Crippen LogP contribution in [-0.4, -0.2) is 10.8 Å². The van der Waals surface area contributed by atoms with Crippen molar-refractivity contribution in [2.75, 3.05) is 0 Å². The monoisotopic (exact) mass is 331 g/mol. The molecule has 0 aliphatic rings. The van der Waals surface area contributed by atoms with Crippen molar-refractivity contribution in [2.45, 2.75) is 13.1 Å². The third kappa shape index (κ3) is 3.59. The topological polar surface area (TPSA) is 33.5 Å². The first-order valence-electron chi connectivity index (χ1n) is 6.80. The number of hydrogen-bond donors (Lipinski definition) is 0. The van der Waals surface area contributed by atoms with Gasteiger partial charge in [0.05, 0.1) is 19.1 Å². The van der Waals surface area contributed by atoms with E-state index in [9.17, 15) is 4.79 Å². The first kappa shape index (κ1) is 14.9. The van der Waals surface area contributed by atoms with E-state index >= 15 is 0 Å². The molecule has 0 atom stereocenters. The van der Waals surface area contributed by atoms with Gasteiger partial charge in [-0.15, -0.1) is 11.3 Å². The number of carbonyl (C=O) groups is 1. The van der Waals surface area contributed by atoms with E-state index < -0.39 is 0 Å². The lowest BCUT2D eigenvalue weighted by Crippen LogP contribution is -2.29. The standard InChI is InChI=1S/C17H14ClNO2S/c18-15-4-1-3-14(9-15)17(20)19(10-13-6-7-21-12-13)11-16-5-2-8-22-16/h1-9,12H,10-11H2. The van der Waals surface area contributed by atoms with E-state index in [1.54, 1.807) is 53.0 Å². The quantitative estimate of drug-likeness (QED) is 0.670. The van der Waals surface area contributed by atoms with Crippen LogP contribution in [0.15, 0.2) is 64.8 Å². The molecule has 0 fully saturated rings. The van der Waals surface area contributed by atoms with Gasteiger partial charge in [0.2, 0.25) is 0 Å². The van der Waals surface area contributed by atoms with E-state index in [-0.39, 0.29) is 5.91 Å². The summed E-state index contributed by atoms with van der Waals surface area (Å²) in [5, 5.41) is 2.57. The van der Waals surface area contributed by atoms with Gasteiger partial charge in [-0.3, -0.25) is 4.79 Å². The molecule has 1 amide bonds. The highest BCUT2D eigenvalue weighted by atomic mass is 35.5. The number of benzene rings is 1. The zero-order chi connectivity index (χ0) is 15.4. The summed E-state index contributed by atoms with van der Waals surface area (Å²) in [6.45, 7) is 1.06. The molecule has 112 valence electrons. The average Bonchev–Trinajstić information content (AvgIpc) is 3.19. The predicted octanol–water partition coefficient (Wildman–Crippen LogP) is 4.84. The highest BCUT2D eigenvalue weighted by Gasteiger charge is 2.18. The lowest BCUT2D eigenvalue weighted by molar-refractivity contribution is 0.0731. The van der Waals surface area contributed by atoms with Crippen molar-refractivity contribution < 1.29 is 9.21 Å². The number of nitrogens with zero attached hydrogens (tertiary/aromatic N) is 1. The Morgan fingerprint density at radius 3 is 2.77 bits per heavy atom. The summed E-state index contributed by atoms with van der Waals surface area (Å²) < 4.78 is 5.10. The highest BCUT2D eigenvalue weighted by Crippen LogP contribution is 2.19. The minimum Gasteiger partial charge on any atom is -0.472 e. The maximum Gasteiger partial charge on any atom is 0.254 e. The highest BCUT2D eigenvalue weighted by molar-refractivity contribution is 7.09. The first-order chi connectivity index (χ1) is 10.7. The number of halogens is 1. The molecule has 0 saturated heterocycles. The Labute approximate surface area is 137 Å². The molecular weight excluding hydrogens is 318 g/mol. The smallest absolute Gasteiger partial charge is 0.254 e. The molecule has 0 radical (unpaired) electrons. The molecule has 0 unspecified atom stereocenters. The molecule has 2 aromatic heterocycles. The van der Waals surface area contributed by atoms with Crippen molar-refractivity contribution in [3.05, 3.63) is 81.4 Å². The summed E-state index contributed by atoms with van der Waals surface area (Å²) in [5.41, 5.74) is 1.56. The van der Waals surface area contributed by atoms with Crippen LogP contribution in [0.3, 0.4) is 0 Å². The van der Waals surface area contributed by atoms with E-state index in [1.165, 1.54) is 0 Å². The fourth-order valence-electron chi connectivity index (χ4n) is 2.20. The van der Waals surface area contributed by atoms with Gasteiger partial charge in [0.15, 0.2) is 0 Å². The van der Waals surface area contributed by atoms with Gasteiger partial charge in [0.1, 0.15) is 0 Å². The van der Waals surface area contributed by atoms with Crippen LogP contribution in [0.2, 0.25) is 5.02 Å². The van der Waals surface area contributed by atoms with E-state index in [2.05, 4.69) is 0 Å². The van der Waals surface area contributed by atoms with Gasteiger partial charge in [-0.25, -0.2) is 0 Å². The Balaban J connectivity index is 1.85. The van der Waals surface area contributed by atoms with Crippen molar-refractivity contribution in [3.8, 4) is 0 Å². The Morgan fingerprint density at radius 1 is 1.18 bits per heavy atom. The molecule has 3 aromatic rings. The fourth-order valence-corrected chi connectivity index (χ4v) is 3.11. The largest absolute Gasteiger partial charge is 0.472 e. The van der Waals surface area contributed by atoms with Crippen molar-refractivity contribution >= 4 is 28.8 Å². The van der Waals surface area contributed by atoms with Crippen molar-refractivity contribution in [1.29, 1.82) is 0 Å². The van der Waals surface area contributed by atoms with E-state index in [0.717, 1.165) is 10.4 Å². The second kappa shape index (κ2) is 6.81. The van der Waals surface area contributed by atoms with Crippen LogP contribution >= 0.6 is 22.9 Å². The van der Waals surface area contributed by atoms with Crippen LogP contribution in [0.1, 0.15) is 20.8 Å². The Morgan fingerprint density at radius 2 is 2.09 bits per heavy atom. The molecule has 1 aromatic carbocycles. The number of thiophene rings is 1. The Bertz CT molecular complexity index is 702. The summed E-state index contributed by atoms with van der Waals surface area (Å²) in [6.07, 6.45) is 3.27. The van der Waals surface area contributed by atoms with Gasteiger partial charge in [-0.2, -0.15) is 0 Å². The molecule has 3 nitrogen and oxygen atoms in total. The molecule has 3 rings (SSSR count). The molecule has 5 heteroatoms. The summed E-state index contributed by atoms with van der Waals surface area (Å²) in [7, 11) is 0. The van der Waals surface area contributed by atoms with Crippen LogP contribution in [0.4, 0.5) is 0 Å². The van der Waals surface area contributed by atoms with Crippen LogP contribution in [0.25, 0.3) is 0 Å². The van der Waals surface area contributed by atoms with Crippen molar-refractivity contribution in [3.63, 3.8) is 0 Å². The molecular formula is C17H14ClNO2S. The van der Waals surface area contributed by atoms with Crippen LogP contribution in [0, 0.1) is 0 Å². The van der Waals surface area contributed by atoms with E-state index in [0.29, 0.717) is 23.7 Å². The van der Waals surface area contributed by atoms with Crippen LogP contribution in [-0.2, 0) is 13.1 Å². The molecule has 2 heterocycles. The number of hydrogen-bond acceptors (Lipinski definition) is 3. The first-order valence-corrected chi connectivity index (χ1v) is 8.06. The third-order valence-electron chi connectivity index (χ3n) is 3.24. The normalized spacial score (nSPS) is 10.6. The maximum atomic E-state index is 12.8. The van der Waals surface area contributed by atoms with Gasteiger partial charge in [-0.1, -0.05) is 23.7 Å². The molecule has 0 N–H and O–H groups in total. The minimum absolute atomic E-state index is 0.0444. The molecule has 0 aliphatic heterocycles. The van der Waals surface area contributed by atoms with Gasteiger partial charge >= 0.3 is 0 Å². The van der Waals surface area contributed by atoms with Gasteiger partial charge in [-0.05, 0) is 35.7 Å². The zero-order valence-corrected chi connectivity index (χ0v) is 13.3. The lowest BCUT2D eigenvalue weighted by atomic mass is 10.2. The summed E-state index contributed by atoms with van der Waals surface area (Å²) in [6, 6.07) is 12.9. The fraction of sp³-hybridized carbons (Fsp3) is 0.118. The average molecular weight is 332 g/mol. The number of amides is 1. The van der Waals surface area contributed by atoms with E-state index in [1.807, 2.05) is 23.6 Å². The third-order valence-corrected chi connectivity index (χ3v) is 4.34. The number of carbonyl (C=O) groups excluding carboxylic acids is 1. The second-order valence-corrected chi connectivity index (χ2v) is 6.35. The summed E-state index contributed by atoms with van der Waals surface area (Å²) in [5.74, 6) is -0.0444. The van der Waals surface area contributed by atoms with Crippen LogP contribution in [0.5, 0.6) is 0 Å². The number of furan rings is 1. The summed E-state index contributed by atoms with van der Waals surface area (Å²) in [4.78, 5) is 15.7. The molecule has 0 aliphatic carbocycles. The van der Waals surface area contributed by atoms with Gasteiger partial charge in [0, 0.05) is 27.6 Å². The molecule has 0 saturated carbocycles. The zero-order valence-electron chi connectivity index (χ0n) is 11.7. The number of rotatable bonds is 5. The Kier molecular flexibility index (Phi) is 4.61. The lowest BCUT2D eigenvalue weighted by Gasteiger charge is -2.21. The predicted molar refractivity (Wildman–Crippen MR) is 88.1 cm³/mol. The van der Waals surface area contributed by atoms with Gasteiger partial charge < -0.3 is 9.32 Å². The van der Waals surface area contributed by atoms with E-state index in [4.69, 9.17) is 16.0 Å². The van der Waals surface area contributed by atoms with Gasteiger partial charge in [0.25, 0.3) is 5.91 Å². The van der Waals surface area contributed by atoms with Crippen molar-refractivity contribution in [2.24, 2.45) is 0 Å². The van der Waals surface area contributed by atoms with Crippen LogP contribution < -0.4 is 0 Å². The Hall–Kier alpha value is -2.04. The summed E-state index contributed by atoms with van der Waals surface area (Å²) >= 11 is 7.63.